The molecule has 182 valence electrons. The number of piperazine rings is 1. The first-order valence-corrected chi connectivity index (χ1v) is 13.0. The molecule has 2 aromatic carbocycles. The Morgan fingerprint density at radius 1 is 0.912 bits per heavy atom. The molecule has 1 saturated carbocycles. The predicted molar refractivity (Wildman–Crippen MR) is 139 cm³/mol. The minimum atomic E-state index is -0.172. The van der Waals surface area contributed by atoms with E-state index >= 15 is 0 Å². The van der Waals surface area contributed by atoms with E-state index in [1.807, 2.05) is 17.0 Å². The maximum Gasteiger partial charge on any atom is 0.253 e. The summed E-state index contributed by atoms with van der Waals surface area (Å²) in [6.07, 6.45) is 4.50. The van der Waals surface area contributed by atoms with Gasteiger partial charge >= 0.3 is 0 Å². The van der Waals surface area contributed by atoms with Gasteiger partial charge in [-0.3, -0.25) is 14.5 Å². The van der Waals surface area contributed by atoms with Crippen LogP contribution in [-0.4, -0.2) is 53.8 Å². The lowest BCUT2D eigenvalue weighted by molar-refractivity contribution is -0.123. The molecule has 2 aromatic rings. The third-order valence-corrected chi connectivity index (χ3v) is 7.86. The molecule has 1 atom stereocenters. The molecule has 2 fully saturated rings. The molecule has 0 bridgehead atoms. The number of nitrogens with zero attached hydrogens (tertiary/aromatic N) is 2. The zero-order valence-electron chi connectivity index (χ0n) is 19.9. The van der Waals surface area contributed by atoms with Gasteiger partial charge in [0.05, 0.1) is 16.1 Å². The number of carbonyl (C=O) groups excluding carboxylic acids is 2. The smallest absolute Gasteiger partial charge is 0.253 e. The fourth-order valence-corrected chi connectivity index (χ4v) is 5.43. The van der Waals surface area contributed by atoms with E-state index in [0.717, 1.165) is 18.5 Å². The van der Waals surface area contributed by atoms with Gasteiger partial charge in [0.2, 0.25) is 5.91 Å². The third kappa shape index (κ3) is 5.76. The Morgan fingerprint density at radius 2 is 1.56 bits per heavy atom. The van der Waals surface area contributed by atoms with Crippen LogP contribution in [0.1, 0.15) is 61.4 Å². The molecular formula is C27H33Cl2N3O2. The first-order chi connectivity index (χ1) is 16.3. The van der Waals surface area contributed by atoms with E-state index in [0.29, 0.717) is 53.6 Å². The Balaban J connectivity index is 1.42. The van der Waals surface area contributed by atoms with Gasteiger partial charge in [0.25, 0.3) is 5.91 Å². The molecule has 2 aliphatic rings. The molecule has 1 heterocycles. The normalized spacial score (nSPS) is 18.3. The van der Waals surface area contributed by atoms with Crippen LogP contribution in [0.2, 0.25) is 10.0 Å². The second kappa shape index (κ2) is 11.1. The number of rotatable bonds is 6. The highest BCUT2D eigenvalue weighted by molar-refractivity contribution is 6.42. The van der Waals surface area contributed by atoms with Gasteiger partial charge < -0.3 is 10.2 Å². The van der Waals surface area contributed by atoms with Crippen LogP contribution in [0.3, 0.4) is 0 Å². The monoisotopic (exact) mass is 501 g/mol. The average Bonchev–Trinajstić information content (AvgIpc) is 3.35. The Labute approximate surface area is 212 Å². The Kier molecular flexibility index (Phi) is 8.18. The van der Waals surface area contributed by atoms with Gasteiger partial charge in [-0.2, -0.15) is 0 Å². The van der Waals surface area contributed by atoms with Gasteiger partial charge in [0, 0.05) is 37.4 Å². The van der Waals surface area contributed by atoms with Crippen LogP contribution in [0.15, 0.2) is 42.5 Å². The van der Waals surface area contributed by atoms with Gasteiger partial charge in [-0.05, 0) is 60.6 Å². The summed E-state index contributed by atoms with van der Waals surface area (Å²) in [7, 11) is 0. The summed E-state index contributed by atoms with van der Waals surface area (Å²) in [6.45, 7) is 6.84. The fraction of sp³-hybridized carbons (Fsp3) is 0.481. The van der Waals surface area contributed by atoms with Crippen LogP contribution in [0.5, 0.6) is 0 Å². The number of anilines is 1. The summed E-state index contributed by atoms with van der Waals surface area (Å²) in [5.41, 5.74) is 2.64. The number of carbonyl (C=O) groups is 2. The molecule has 1 aliphatic heterocycles. The molecule has 2 amide bonds. The largest absolute Gasteiger partial charge is 0.336 e. The molecule has 7 heteroatoms. The second-order valence-electron chi connectivity index (χ2n) is 9.71. The van der Waals surface area contributed by atoms with Gasteiger partial charge in [-0.25, -0.2) is 0 Å². The summed E-state index contributed by atoms with van der Waals surface area (Å²) < 4.78 is 0. The summed E-state index contributed by atoms with van der Waals surface area (Å²) in [6, 6.07) is 13.0. The van der Waals surface area contributed by atoms with Crippen LogP contribution in [0.4, 0.5) is 5.69 Å². The molecule has 1 aliphatic carbocycles. The number of amides is 2. The minimum absolute atomic E-state index is 0.0506. The maximum atomic E-state index is 13.5. The lowest BCUT2D eigenvalue weighted by Gasteiger charge is -2.40. The Hall–Kier alpha value is -2.08. The van der Waals surface area contributed by atoms with Crippen LogP contribution in [0, 0.1) is 5.92 Å². The molecule has 1 N–H and O–H groups in total. The van der Waals surface area contributed by atoms with Crippen LogP contribution in [0.25, 0.3) is 0 Å². The predicted octanol–water partition coefficient (Wildman–Crippen LogP) is 6.07. The van der Waals surface area contributed by atoms with Crippen LogP contribution < -0.4 is 5.32 Å². The van der Waals surface area contributed by atoms with Crippen molar-refractivity contribution in [3.8, 4) is 0 Å². The third-order valence-electron chi connectivity index (χ3n) is 7.12. The highest BCUT2D eigenvalue weighted by Crippen LogP contribution is 2.32. The average molecular weight is 502 g/mol. The second-order valence-corrected chi connectivity index (χ2v) is 10.5. The van der Waals surface area contributed by atoms with E-state index < -0.39 is 0 Å². The highest BCUT2D eigenvalue weighted by atomic mass is 35.5. The van der Waals surface area contributed by atoms with E-state index in [1.54, 1.807) is 18.2 Å². The van der Waals surface area contributed by atoms with Crippen molar-refractivity contribution in [1.29, 1.82) is 0 Å². The number of nitrogens with one attached hydrogen (secondary N) is 1. The van der Waals surface area contributed by atoms with Crippen molar-refractivity contribution in [1.82, 2.24) is 9.80 Å². The standard InChI is InChI=1S/C27H33Cl2N3O2/c1-18(2)19-7-10-22(11-8-19)30-26(33)25(20-5-3-4-6-20)31-13-15-32(16-14-31)27(34)21-9-12-23(28)24(29)17-21/h7-12,17-18,20,25H,3-6,13-16H2,1-2H3,(H,30,33)/t25-/m1/s1. The SMILES string of the molecule is CC(C)c1ccc(NC(=O)[C@@H](C2CCCC2)N2CCN(C(=O)c3ccc(Cl)c(Cl)c3)CC2)cc1. The molecule has 0 spiro atoms. The molecule has 34 heavy (non-hydrogen) atoms. The number of benzene rings is 2. The van der Waals surface area contributed by atoms with Gasteiger partial charge in [0.1, 0.15) is 0 Å². The van der Waals surface area contributed by atoms with Crippen LogP contribution >= 0.6 is 23.2 Å². The molecule has 1 saturated heterocycles. The van der Waals surface area contributed by atoms with Crippen molar-refractivity contribution in [3.05, 3.63) is 63.6 Å². The summed E-state index contributed by atoms with van der Waals surface area (Å²) in [5.74, 6) is 0.824. The topological polar surface area (TPSA) is 52.7 Å². The van der Waals surface area contributed by atoms with Gasteiger partial charge in [-0.1, -0.05) is 62.0 Å². The quantitative estimate of drug-likeness (QED) is 0.522. The van der Waals surface area contributed by atoms with Gasteiger partial charge in [0.15, 0.2) is 0 Å². The van der Waals surface area contributed by atoms with Gasteiger partial charge in [-0.15, -0.1) is 0 Å². The summed E-state index contributed by atoms with van der Waals surface area (Å²) >= 11 is 12.1. The van der Waals surface area contributed by atoms with Crippen molar-refractivity contribution in [2.45, 2.75) is 51.5 Å². The summed E-state index contributed by atoms with van der Waals surface area (Å²) in [4.78, 5) is 30.5. The lowest BCUT2D eigenvalue weighted by atomic mass is 9.94. The number of hydrogen-bond donors (Lipinski definition) is 1. The minimum Gasteiger partial charge on any atom is -0.336 e. The van der Waals surface area contributed by atoms with E-state index in [9.17, 15) is 9.59 Å². The summed E-state index contributed by atoms with van der Waals surface area (Å²) in [5, 5.41) is 3.98. The molecule has 5 nitrogen and oxygen atoms in total. The van der Waals surface area contributed by atoms with Crippen LogP contribution in [-0.2, 0) is 4.79 Å². The zero-order chi connectivity index (χ0) is 24.2. The lowest BCUT2D eigenvalue weighted by Crippen LogP contribution is -2.56. The first-order valence-electron chi connectivity index (χ1n) is 12.2. The van der Waals surface area contributed by atoms with E-state index in [-0.39, 0.29) is 17.9 Å². The molecule has 0 radical (unpaired) electrons. The number of halogens is 2. The molecule has 0 unspecified atom stereocenters. The van der Waals surface area contributed by atoms with E-state index in [4.69, 9.17) is 23.2 Å². The van der Waals surface area contributed by atoms with Crippen molar-refractivity contribution in [3.63, 3.8) is 0 Å². The number of hydrogen-bond acceptors (Lipinski definition) is 3. The fourth-order valence-electron chi connectivity index (χ4n) is 5.13. The van der Waals surface area contributed by atoms with Crippen molar-refractivity contribution < 1.29 is 9.59 Å². The molecular weight excluding hydrogens is 469 g/mol. The molecule has 4 rings (SSSR count). The Bertz CT molecular complexity index is 1010. The molecule has 0 aromatic heterocycles. The van der Waals surface area contributed by atoms with Crippen molar-refractivity contribution in [2.75, 3.05) is 31.5 Å². The zero-order valence-corrected chi connectivity index (χ0v) is 21.4. The van der Waals surface area contributed by atoms with Crippen molar-refractivity contribution in [2.24, 2.45) is 5.92 Å². The van der Waals surface area contributed by atoms with Crippen molar-refractivity contribution >= 4 is 40.7 Å². The first kappa shape index (κ1) is 25.0. The highest BCUT2D eigenvalue weighted by Gasteiger charge is 2.37. The maximum absolute atomic E-state index is 13.5. The van der Waals surface area contributed by atoms with E-state index in [1.165, 1.54) is 18.4 Å². The Morgan fingerprint density at radius 3 is 2.15 bits per heavy atom. The van der Waals surface area contributed by atoms with E-state index in [2.05, 4.69) is 36.2 Å².